The van der Waals surface area contributed by atoms with Crippen LogP contribution in [0.5, 0.6) is 5.75 Å². The third-order valence-corrected chi connectivity index (χ3v) is 7.63. The van der Waals surface area contributed by atoms with Crippen LogP contribution in [0.25, 0.3) is 11.1 Å². The van der Waals surface area contributed by atoms with Crippen LogP contribution in [0.3, 0.4) is 0 Å². The predicted molar refractivity (Wildman–Crippen MR) is 166 cm³/mol. The third kappa shape index (κ3) is 8.26. The zero-order valence-corrected chi connectivity index (χ0v) is 24.5. The zero-order chi connectivity index (χ0) is 30.0. The van der Waals surface area contributed by atoms with E-state index in [4.69, 9.17) is 4.74 Å². The molecule has 5 rings (SSSR count). The van der Waals surface area contributed by atoms with Crippen molar-refractivity contribution in [2.75, 3.05) is 37.7 Å². The van der Waals surface area contributed by atoms with Crippen molar-refractivity contribution in [2.24, 2.45) is 0 Å². The van der Waals surface area contributed by atoms with Gasteiger partial charge in [0.1, 0.15) is 11.6 Å². The molecular formula is C35H37FN4O3. The number of carbonyl (C=O) groups is 2. The Hall–Kier alpha value is -4.56. The van der Waals surface area contributed by atoms with Crippen LogP contribution in [-0.2, 0) is 22.7 Å². The minimum Gasteiger partial charge on any atom is -0.493 e. The van der Waals surface area contributed by atoms with E-state index in [2.05, 4.69) is 28.1 Å². The third-order valence-electron chi connectivity index (χ3n) is 7.63. The van der Waals surface area contributed by atoms with Gasteiger partial charge >= 0.3 is 0 Å². The van der Waals surface area contributed by atoms with Gasteiger partial charge in [0.05, 0.1) is 13.0 Å². The SMILES string of the molecule is CC(=O)N1CCCN(Cc2ccccc2)CCN(C(=O)CCOc2cccc(F)c2)Cc2cc(-c3cccnc3)ccc21. The second kappa shape index (κ2) is 14.6. The summed E-state index contributed by atoms with van der Waals surface area (Å²) in [6.07, 6.45) is 4.48. The second-order valence-electron chi connectivity index (χ2n) is 10.7. The molecule has 0 saturated carbocycles. The average molecular weight is 581 g/mol. The number of amides is 2. The average Bonchev–Trinajstić information content (AvgIpc) is 3.05. The normalized spacial score (nSPS) is 14.5. The van der Waals surface area contributed by atoms with E-state index in [9.17, 15) is 14.0 Å². The lowest BCUT2D eigenvalue weighted by Gasteiger charge is -2.28. The number of rotatable bonds is 7. The lowest BCUT2D eigenvalue weighted by Crippen LogP contribution is -2.39. The summed E-state index contributed by atoms with van der Waals surface area (Å²) in [5.74, 6) is -0.0959. The van der Waals surface area contributed by atoms with Crippen LogP contribution in [0.15, 0.2) is 97.3 Å². The van der Waals surface area contributed by atoms with E-state index >= 15 is 0 Å². The standard InChI is InChI=1S/C35H37FN4O3/c1-27(41)40-18-7-17-38(25-28-8-3-2-4-9-28)19-20-39(35(42)15-21-43-33-12-5-11-32(36)23-33)26-31-22-29(13-14-34(31)40)30-10-6-16-37-24-30/h2-6,8-14,16,22-24H,7,15,17-21,25-26H2,1H3. The highest BCUT2D eigenvalue weighted by molar-refractivity contribution is 5.93. The molecule has 7 nitrogen and oxygen atoms in total. The number of anilines is 1. The van der Waals surface area contributed by atoms with Crippen LogP contribution in [0, 0.1) is 5.82 Å². The molecule has 8 heteroatoms. The van der Waals surface area contributed by atoms with E-state index in [0.29, 0.717) is 31.9 Å². The van der Waals surface area contributed by atoms with Gasteiger partial charge in [-0.05, 0) is 59.0 Å². The van der Waals surface area contributed by atoms with Gasteiger partial charge in [0.15, 0.2) is 0 Å². The van der Waals surface area contributed by atoms with Crippen LogP contribution in [0.1, 0.15) is 30.9 Å². The summed E-state index contributed by atoms with van der Waals surface area (Å²) in [6.45, 7) is 5.38. The highest BCUT2D eigenvalue weighted by atomic mass is 19.1. The number of carbonyl (C=O) groups excluding carboxylic acids is 2. The number of fused-ring (bicyclic) bond motifs is 1. The summed E-state index contributed by atoms with van der Waals surface area (Å²) >= 11 is 0. The van der Waals surface area contributed by atoms with Crippen LogP contribution in [0.2, 0.25) is 0 Å². The number of pyridine rings is 1. The van der Waals surface area contributed by atoms with Gasteiger partial charge in [0.25, 0.3) is 0 Å². The molecule has 2 amide bonds. The smallest absolute Gasteiger partial charge is 0.226 e. The molecule has 1 aliphatic heterocycles. The minimum atomic E-state index is -0.384. The summed E-state index contributed by atoms with van der Waals surface area (Å²) in [5.41, 5.74) is 4.84. The first-order valence-corrected chi connectivity index (χ1v) is 14.7. The first-order valence-electron chi connectivity index (χ1n) is 14.7. The van der Waals surface area contributed by atoms with Gasteiger partial charge in [0, 0.05) is 70.3 Å². The molecule has 1 aliphatic rings. The van der Waals surface area contributed by atoms with E-state index in [0.717, 1.165) is 41.9 Å². The molecule has 222 valence electrons. The number of benzene rings is 3. The maximum Gasteiger partial charge on any atom is 0.226 e. The van der Waals surface area contributed by atoms with Gasteiger partial charge in [-0.15, -0.1) is 0 Å². The minimum absolute atomic E-state index is 0.0365. The molecule has 1 aromatic heterocycles. The fraction of sp³-hybridized carbons (Fsp3) is 0.286. The Kier molecular flexibility index (Phi) is 10.1. The van der Waals surface area contributed by atoms with Crippen molar-refractivity contribution in [1.29, 1.82) is 0 Å². The van der Waals surface area contributed by atoms with Crippen molar-refractivity contribution < 1.29 is 18.7 Å². The van der Waals surface area contributed by atoms with Crippen molar-refractivity contribution in [3.8, 4) is 16.9 Å². The highest BCUT2D eigenvalue weighted by Crippen LogP contribution is 2.30. The number of hydrogen-bond donors (Lipinski definition) is 0. The molecule has 0 spiro atoms. The van der Waals surface area contributed by atoms with Crippen LogP contribution >= 0.6 is 0 Å². The molecule has 2 heterocycles. The summed E-state index contributed by atoms with van der Waals surface area (Å²) < 4.78 is 19.3. The molecule has 0 bridgehead atoms. The van der Waals surface area contributed by atoms with E-state index in [1.54, 1.807) is 25.3 Å². The fourth-order valence-electron chi connectivity index (χ4n) is 5.43. The van der Waals surface area contributed by atoms with Crippen molar-refractivity contribution in [3.63, 3.8) is 0 Å². The van der Waals surface area contributed by atoms with Crippen LogP contribution < -0.4 is 9.64 Å². The first kappa shape index (κ1) is 29.9. The summed E-state index contributed by atoms with van der Waals surface area (Å²) in [7, 11) is 0. The highest BCUT2D eigenvalue weighted by Gasteiger charge is 2.23. The Balaban J connectivity index is 1.43. The maximum absolute atomic E-state index is 13.7. The fourth-order valence-corrected chi connectivity index (χ4v) is 5.43. The Bertz CT molecular complexity index is 1520. The van der Waals surface area contributed by atoms with Crippen molar-refractivity contribution in [2.45, 2.75) is 32.9 Å². The van der Waals surface area contributed by atoms with Gasteiger partial charge < -0.3 is 14.5 Å². The Morgan fingerprint density at radius 2 is 1.74 bits per heavy atom. The molecule has 0 N–H and O–H groups in total. The lowest BCUT2D eigenvalue weighted by atomic mass is 10.0. The van der Waals surface area contributed by atoms with Gasteiger partial charge in [0.2, 0.25) is 11.8 Å². The molecule has 3 aromatic carbocycles. The molecule has 0 saturated heterocycles. The van der Waals surface area contributed by atoms with Gasteiger partial charge in [-0.2, -0.15) is 0 Å². The van der Waals surface area contributed by atoms with E-state index in [-0.39, 0.29) is 30.7 Å². The Morgan fingerprint density at radius 1 is 0.884 bits per heavy atom. The second-order valence-corrected chi connectivity index (χ2v) is 10.7. The molecular weight excluding hydrogens is 543 g/mol. The molecule has 0 unspecified atom stereocenters. The molecule has 0 atom stereocenters. The molecule has 0 aliphatic carbocycles. The lowest BCUT2D eigenvalue weighted by molar-refractivity contribution is -0.132. The van der Waals surface area contributed by atoms with E-state index < -0.39 is 0 Å². The summed E-state index contributed by atoms with van der Waals surface area (Å²) in [6, 6.07) is 26.1. The van der Waals surface area contributed by atoms with Gasteiger partial charge in [-0.25, -0.2) is 4.39 Å². The molecule has 0 radical (unpaired) electrons. The zero-order valence-electron chi connectivity index (χ0n) is 24.5. The number of hydrogen-bond acceptors (Lipinski definition) is 5. The molecule has 4 aromatic rings. The van der Waals surface area contributed by atoms with Crippen LogP contribution in [-0.4, -0.2) is 59.4 Å². The maximum atomic E-state index is 13.7. The summed E-state index contributed by atoms with van der Waals surface area (Å²) in [5, 5.41) is 0. The Labute approximate surface area is 252 Å². The van der Waals surface area contributed by atoms with Crippen molar-refractivity contribution >= 4 is 17.5 Å². The number of nitrogens with zero attached hydrogens (tertiary/aromatic N) is 4. The molecule has 0 fully saturated rings. The monoisotopic (exact) mass is 580 g/mol. The quantitative estimate of drug-likeness (QED) is 0.271. The summed E-state index contributed by atoms with van der Waals surface area (Å²) in [4.78, 5) is 36.9. The predicted octanol–water partition coefficient (Wildman–Crippen LogP) is 5.94. The first-order chi connectivity index (χ1) is 21.0. The topological polar surface area (TPSA) is 66.0 Å². The van der Waals surface area contributed by atoms with Gasteiger partial charge in [-0.1, -0.05) is 48.5 Å². The number of halogens is 1. The van der Waals surface area contributed by atoms with Crippen molar-refractivity contribution in [1.82, 2.24) is 14.8 Å². The van der Waals surface area contributed by atoms with E-state index in [1.807, 2.05) is 58.5 Å². The Morgan fingerprint density at radius 3 is 2.51 bits per heavy atom. The van der Waals surface area contributed by atoms with Crippen LogP contribution in [0.4, 0.5) is 10.1 Å². The number of ether oxygens (including phenoxy) is 1. The van der Waals surface area contributed by atoms with E-state index in [1.165, 1.54) is 17.7 Å². The number of aromatic nitrogens is 1. The largest absolute Gasteiger partial charge is 0.493 e. The van der Waals surface area contributed by atoms with Crippen molar-refractivity contribution in [3.05, 3.63) is 114 Å². The van der Waals surface area contributed by atoms with Gasteiger partial charge in [-0.3, -0.25) is 19.5 Å². The molecule has 43 heavy (non-hydrogen) atoms.